The number of hydrogen-bond donors (Lipinski definition) is 0. The van der Waals surface area contributed by atoms with Crippen molar-refractivity contribution in [3.8, 4) is 33.4 Å². The lowest BCUT2D eigenvalue weighted by Crippen LogP contribution is -2.10. The first-order valence-electron chi connectivity index (χ1n) is 17.8. The molecule has 0 atom stereocenters. The maximum absolute atomic E-state index is 2.40. The van der Waals surface area contributed by atoms with E-state index in [4.69, 9.17) is 0 Å². The number of nitrogens with zero attached hydrogens (tertiary/aromatic N) is 1. The van der Waals surface area contributed by atoms with Crippen LogP contribution in [0.15, 0.2) is 200 Å². The van der Waals surface area contributed by atoms with Crippen LogP contribution >= 0.6 is 11.3 Å². The van der Waals surface area contributed by atoms with E-state index in [1.165, 1.54) is 75.1 Å². The summed E-state index contributed by atoms with van der Waals surface area (Å²) in [6, 6.07) is 72.9. The van der Waals surface area contributed by atoms with E-state index >= 15 is 0 Å². The Balaban J connectivity index is 1.12. The molecule has 10 aromatic rings. The van der Waals surface area contributed by atoms with Crippen LogP contribution in [0.5, 0.6) is 0 Å². The predicted octanol–water partition coefficient (Wildman–Crippen LogP) is 14.8. The van der Waals surface area contributed by atoms with Crippen molar-refractivity contribution in [1.82, 2.24) is 0 Å². The zero-order valence-corrected chi connectivity index (χ0v) is 29.2. The molecule has 0 fully saturated rings. The summed E-state index contributed by atoms with van der Waals surface area (Å²) in [4.78, 5) is 2.40. The second-order valence-electron chi connectivity index (χ2n) is 13.3. The molecular formula is C50H33NS. The van der Waals surface area contributed by atoms with E-state index in [9.17, 15) is 0 Å². The first-order chi connectivity index (χ1) is 25.8. The quantitative estimate of drug-likeness (QED) is 0.158. The van der Waals surface area contributed by atoms with E-state index in [1.807, 2.05) is 11.3 Å². The number of hydrogen-bond acceptors (Lipinski definition) is 2. The maximum Gasteiger partial charge on any atom is 0.0476 e. The summed E-state index contributed by atoms with van der Waals surface area (Å²) in [7, 11) is 0. The third kappa shape index (κ3) is 5.24. The fourth-order valence-corrected chi connectivity index (χ4v) is 8.93. The van der Waals surface area contributed by atoms with Crippen LogP contribution in [0.1, 0.15) is 0 Å². The first kappa shape index (κ1) is 30.4. The number of anilines is 3. The number of fused-ring (bicyclic) bond motifs is 6. The van der Waals surface area contributed by atoms with Gasteiger partial charge in [-0.2, -0.15) is 0 Å². The Morgan fingerprint density at radius 3 is 1.50 bits per heavy atom. The highest BCUT2D eigenvalue weighted by atomic mass is 32.1. The van der Waals surface area contributed by atoms with E-state index in [1.54, 1.807) is 0 Å². The van der Waals surface area contributed by atoms with Crippen molar-refractivity contribution < 1.29 is 0 Å². The molecule has 0 radical (unpaired) electrons. The summed E-state index contributed by atoms with van der Waals surface area (Å²) in [5.74, 6) is 0. The molecule has 0 aliphatic carbocycles. The molecule has 10 rings (SSSR count). The van der Waals surface area contributed by atoms with Crippen LogP contribution in [0.25, 0.3) is 75.1 Å². The fourth-order valence-electron chi connectivity index (χ4n) is 7.79. The average molecular weight is 680 g/mol. The normalized spacial score (nSPS) is 11.5. The third-order valence-electron chi connectivity index (χ3n) is 10.3. The molecule has 1 aromatic heterocycles. The lowest BCUT2D eigenvalue weighted by atomic mass is 9.91. The maximum atomic E-state index is 2.40. The summed E-state index contributed by atoms with van der Waals surface area (Å²) in [6.07, 6.45) is 0. The summed E-state index contributed by atoms with van der Waals surface area (Å²) >= 11 is 1.86. The minimum Gasteiger partial charge on any atom is -0.310 e. The van der Waals surface area contributed by atoms with E-state index in [2.05, 4.69) is 205 Å². The Hall–Kier alpha value is -6.48. The Kier molecular flexibility index (Phi) is 7.41. The zero-order valence-electron chi connectivity index (χ0n) is 28.4. The highest BCUT2D eigenvalue weighted by Gasteiger charge is 2.17. The Morgan fingerprint density at radius 1 is 0.269 bits per heavy atom. The Bertz CT molecular complexity index is 2890. The number of benzene rings is 9. The van der Waals surface area contributed by atoms with Gasteiger partial charge in [-0.05, 0) is 97.4 Å². The molecule has 244 valence electrons. The van der Waals surface area contributed by atoms with Crippen LogP contribution in [0.3, 0.4) is 0 Å². The Labute approximate surface area is 307 Å². The molecular weight excluding hydrogens is 647 g/mol. The third-order valence-corrected chi connectivity index (χ3v) is 11.4. The van der Waals surface area contributed by atoms with Crippen molar-refractivity contribution in [2.75, 3.05) is 4.90 Å². The highest BCUT2D eigenvalue weighted by molar-refractivity contribution is 7.25. The fraction of sp³-hybridized carbons (Fsp3) is 0. The molecule has 52 heavy (non-hydrogen) atoms. The van der Waals surface area contributed by atoms with E-state index in [-0.39, 0.29) is 0 Å². The van der Waals surface area contributed by atoms with Gasteiger partial charge in [0.15, 0.2) is 0 Å². The number of rotatable bonds is 6. The Morgan fingerprint density at radius 2 is 0.769 bits per heavy atom. The first-order valence-corrected chi connectivity index (χ1v) is 18.6. The molecule has 0 bridgehead atoms. The van der Waals surface area contributed by atoms with Crippen LogP contribution in [0.4, 0.5) is 17.1 Å². The van der Waals surface area contributed by atoms with Crippen LogP contribution in [0.2, 0.25) is 0 Å². The minimum atomic E-state index is 1.12. The van der Waals surface area contributed by atoms with Crippen molar-refractivity contribution in [2.24, 2.45) is 0 Å². The van der Waals surface area contributed by atoms with E-state index in [0.717, 1.165) is 17.1 Å². The van der Waals surface area contributed by atoms with Crippen molar-refractivity contribution in [3.05, 3.63) is 200 Å². The molecule has 0 aliphatic rings. The standard InChI is InChI=1S/C50H33NS/c1-3-12-34(13-4-1)35-24-26-38(27-25-35)51(40-28-29-48-47-18-7-8-23-49(47)52-50(48)33-40)39-17-9-16-37(32-39)42-20-11-22-44-43-21-10-19-41(36-14-5-2-6-15-36)45(43)30-31-46(42)44/h1-33H. The van der Waals surface area contributed by atoms with Gasteiger partial charge in [0.25, 0.3) is 0 Å². The van der Waals surface area contributed by atoms with Gasteiger partial charge >= 0.3 is 0 Å². The molecule has 0 aliphatic heterocycles. The molecule has 0 saturated heterocycles. The summed E-state index contributed by atoms with van der Waals surface area (Å²) in [5.41, 5.74) is 10.7. The van der Waals surface area contributed by atoms with Gasteiger partial charge in [-0.25, -0.2) is 0 Å². The second-order valence-corrected chi connectivity index (χ2v) is 14.4. The molecule has 0 N–H and O–H groups in total. The predicted molar refractivity (Wildman–Crippen MR) is 225 cm³/mol. The van der Waals surface area contributed by atoms with Crippen molar-refractivity contribution in [2.45, 2.75) is 0 Å². The monoisotopic (exact) mass is 679 g/mol. The van der Waals surface area contributed by atoms with E-state index < -0.39 is 0 Å². The molecule has 0 saturated carbocycles. The van der Waals surface area contributed by atoms with E-state index in [0.29, 0.717) is 0 Å². The molecule has 0 amide bonds. The van der Waals surface area contributed by atoms with Gasteiger partial charge in [-0.15, -0.1) is 11.3 Å². The molecule has 2 heteroatoms. The SMILES string of the molecule is c1ccc(-c2ccc(N(c3cccc(-c4cccc5c4ccc4c(-c6ccccc6)cccc45)c3)c3ccc4c(c3)sc3ccccc34)cc2)cc1. The summed E-state index contributed by atoms with van der Waals surface area (Å²) in [5, 5.41) is 7.68. The lowest BCUT2D eigenvalue weighted by molar-refractivity contribution is 1.29. The molecule has 1 heterocycles. The molecule has 9 aromatic carbocycles. The van der Waals surface area contributed by atoms with Crippen LogP contribution in [0, 0.1) is 0 Å². The van der Waals surface area contributed by atoms with Gasteiger partial charge in [0, 0.05) is 37.2 Å². The average Bonchev–Trinajstić information content (AvgIpc) is 3.59. The van der Waals surface area contributed by atoms with Gasteiger partial charge in [0.2, 0.25) is 0 Å². The zero-order chi connectivity index (χ0) is 34.4. The second kappa shape index (κ2) is 12.7. The number of thiophene rings is 1. The van der Waals surface area contributed by atoms with Crippen molar-refractivity contribution in [3.63, 3.8) is 0 Å². The van der Waals surface area contributed by atoms with Gasteiger partial charge in [0.1, 0.15) is 0 Å². The summed E-state index contributed by atoms with van der Waals surface area (Å²) < 4.78 is 2.60. The van der Waals surface area contributed by atoms with Gasteiger partial charge in [0.05, 0.1) is 0 Å². The summed E-state index contributed by atoms with van der Waals surface area (Å²) in [6.45, 7) is 0. The largest absolute Gasteiger partial charge is 0.310 e. The lowest BCUT2D eigenvalue weighted by Gasteiger charge is -2.26. The van der Waals surface area contributed by atoms with Crippen molar-refractivity contribution >= 4 is 70.1 Å². The van der Waals surface area contributed by atoms with Gasteiger partial charge in [-0.1, -0.05) is 158 Å². The van der Waals surface area contributed by atoms with Crippen molar-refractivity contribution in [1.29, 1.82) is 0 Å². The van der Waals surface area contributed by atoms with Gasteiger partial charge in [-0.3, -0.25) is 0 Å². The minimum absolute atomic E-state index is 1.12. The molecule has 0 spiro atoms. The topological polar surface area (TPSA) is 3.24 Å². The highest BCUT2D eigenvalue weighted by Crippen LogP contribution is 2.43. The molecule has 1 nitrogen and oxygen atoms in total. The van der Waals surface area contributed by atoms with Crippen LogP contribution < -0.4 is 4.90 Å². The van der Waals surface area contributed by atoms with Crippen LogP contribution in [-0.4, -0.2) is 0 Å². The van der Waals surface area contributed by atoms with Gasteiger partial charge < -0.3 is 4.90 Å². The molecule has 0 unspecified atom stereocenters. The van der Waals surface area contributed by atoms with Crippen LogP contribution in [-0.2, 0) is 0 Å². The smallest absolute Gasteiger partial charge is 0.0476 e.